The molecule has 3 fully saturated rings. The first kappa shape index (κ1) is 21.1. The number of aromatic nitrogens is 4. The van der Waals surface area contributed by atoms with E-state index in [1.54, 1.807) is 36.0 Å². The largest absolute Gasteiger partial charge is 0.376 e. The zero-order valence-corrected chi connectivity index (χ0v) is 18.7. The molecule has 4 heterocycles. The van der Waals surface area contributed by atoms with Crippen molar-refractivity contribution in [3.63, 3.8) is 0 Å². The molecule has 1 aliphatic heterocycles. The predicted molar refractivity (Wildman–Crippen MR) is 123 cm³/mol. The summed E-state index contributed by atoms with van der Waals surface area (Å²) in [5, 5.41) is 13.3. The topological polar surface area (TPSA) is 115 Å². The fourth-order valence-electron chi connectivity index (χ4n) is 4.80. The standard InChI is InChI=1S/C23H26FN7O3/c1-25-16-9-15(27-14-6-4-7-30(23(14)33)11-12-5-2-3-8-34-12)28-21-13(10-26-31(16)21)22(32)29-20-17-18(20)19(17)24/h4,6-7,9-10,12,17-20,25H,2-3,5,8,11H2,1H3,(H,27,28)(H,29,32)/t12?,17-,18?,19?,20?/m1/s1. The monoisotopic (exact) mass is 467 g/mol. The molecule has 34 heavy (non-hydrogen) atoms. The minimum atomic E-state index is -0.779. The molecule has 11 heteroatoms. The number of hydrogen-bond donors (Lipinski definition) is 3. The number of alkyl halides is 1. The molecule has 178 valence electrons. The minimum Gasteiger partial charge on any atom is -0.376 e. The van der Waals surface area contributed by atoms with Crippen molar-refractivity contribution in [2.45, 2.75) is 44.1 Å². The number of carbonyl (C=O) groups excluding carboxylic acids is 1. The second kappa shape index (κ2) is 8.08. The number of rotatable bonds is 7. The number of ether oxygens (including phenoxy) is 1. The van der Waals surface area contributed by atoms with Crippen LogP contribution in [0, 0.1) is 11.8 Å². The van der Waals surface area contributed by atoms with Crippen LogP contribution >= 0.6 is 0 Å². The third kappa shape index (κ3) is 3.60. The van der Waals surface area contributed by atoms with E-state index in [0.717, 1.165) is 25.9 Å². The van der Waals surface area contributed by atoms with Gasteiger partial charge in [-0.15, -0.1) is 0 Å². The van der Waals surface area contributed by atoms with Gasteiger partial charge in [-0.3, -0.25) is 9.59 Å². The SMILES string of the molecule is CNc1cc(Nc2cccn(CC3CCCCO3)c2=O)nc2c(C(=O)NC3C4C(F)[C@H]34)cnn12. The minimum absolute atomic E-state index is 0.0325. The van der Waals surface area contributed by atoms with Crippen LogP contribution in [0.15, 0.2) is 35.4 Å². The van der Waals surface area contributed by atoms with E-state index in [2.05, 4.69) is 26.0 Å². The van der Waals surface area contributed by atoms with Crippen LogP contribution in [0.2, 0.25) is 0 Å². The molecule has 0 aromatic carbocycles. The van der Waals surface area contributed by atoms with Gasteiger partial charge < -0.3 is 25.3 Å². The number of nitrogens with zero attached hydrogens (tertiary/aromatic N) is 4. The Bertz CT molecular complexity index is 1310. The van der Waals surface area contributed by atoms with Crippen molar-refractivity contribution in [1.29, 1.82) is 0 Å². The molecule has 0 spiro atoms. The Morgan fingerprint density at radius 2 is 2.18 bits per heavy atom. The molecule has 3 aromatic heterocycles. The van der Waals surface area contributed by atoms with E-state index in [1.807, 2.05) is 0 Å². The molecule has 6 rings (SSSR count). The summed E-state index contributed by atoms with van der Waals surface area (Å²) >= 11 is 0. The summed E-state index contributed by atoms with van der Waals surface area (Å²) in [5.74, 6) is 0.580. The summed E-state index contributed by atoms with van der Waals surface area (Å²) in [6, 6.07) is 5.12. The number of fused-ring (bicyclic) bond motifs is 2. The normalized spacial score (nSPS) is 27.2. The first-order valence-corrected chi connectivity index (χ1v) is 11.6. The predicted octanol–water partition coefficient (Wildman–Crippen LogP) is 1.94. The highest BCUT2D eigenvalue weighted by molar-refractivity contribution is 6.00. The van der Waals surface area contributed by atoms with Crippen molar-refractivity contribution in [1.82, 2.24) is 24.5 Å². The van der Waals surface area contributed by atoms with Crippen molar-refractivity contribution in [2.75, 3.05) is 24.3 Å². The van der Waals surface area contributed by atoms with E-state index in [1.165, 1.54) is 10.7 Å². The zero-order chi connectivity index (χ0) is 23.4. The maximum atomic E-state index is 13.2. The smallest absolute Gasteiger partial charge is 0.274 e. The molecule has 1 amide bonds. The lowest BCUT2D eigenvalue weighted by atomic mass is 10.1. The Labute approximate surface area is 194 Å². The quantitative estimate of drug-likeness (QED) is 0.487. The summed E-state index contributed by atoms with van der Waals surface area (Å²) in [7, 11) is 1.73. The van der Waals surface area contributed by atoms with Crippen LogP contribution in [0.4, 0.5) is 21.7 Å². The van der Waals surface area contributed by atoms with E-state index in [9.17, 15) is 14.0 Å². The Kier molecular flexibility index (Phi) is 5.01. The molecule has 0 radical (unpaired) electrons. The van der Waals surface area contributed by atoms with Gasteiger partial charge in [0.2, 0.25) is 0 Å². The first-order valence-electron chi connectivity index (χ1n) is 11.6. The van der Waals surface area contributed by atoms with Gasteiger partial charge in [0.25, 0.3) is 11.5 Å². The van der Waals surface area contributed by atoms with E-state index in [-0.39, 0.29) is 35.4 Å². The lowest BCUT2D eigenvalue weighted by molar-refractivity contribution is 0.00546. The van der Waals surface area contributed by atoms with Gasteiger partial charge in [-0.2, -0.15) is 9.61 Å². The highest BCUT2D eigenvalue weighted by Crippen LogP contribution is 2.64. The van der Waals surface area contributed by atoms with Gasteiger partial charge in [0.1, 0.15) is 29.1 Å². The maximum Gasteiger partial charge on any atom is 0.274 e. The Morgan fingerprint density at radius 3 is 2.91 bits per heavy atom. The molecule has 1 saturated heterocycles. The molecule has 2 aliphatic carbocycles. The van der Waals surface area contributed by atoms with Gasteiger partial charge in [0.05, 0.1) is 18.8 Å². The number of halogens is 1. The van der Waals surface area contributed by atoms with Crippen LogP contribution in [-0.2, 0) is 11.3 Å². The zero-order valence-electron chi connectivity index (χ0n) is 18.7. The summed E-state index contributed by atoms with van der Waals surface area (Å²) in [6.45, 7) is 1.23. The average molecular weight is 468 g/mol. The number of nitrogens with one attached hydrogen (secondary N) is 3. The number of hydrogen-bond acceptors (Lipinski definition) is 7. The van der Waals surface area contributed by atoms with Crippen LogP contribution < -0.4 is 21.5 Å². The maximum absolute atomic E-state index is 13.2. The molecule has 3 aliphatic rings. The van der Waals surface area contributed by atoms with Gasteiger partial charge in [0, 0.05) is 43.8 Å². The Morgan fingerprint density at radius 1 is 1.32 bits per heavy atom. The van der Waals surface area contributed by atoms with Crippen LogP contribution in [0.25, 0.3) is 5.65 Å². The number of carbonyl (C=O) groups is 1. The lowest BCUT2D eigenvalue weighted by Crippen LogP contribution is -2.32. The fraction of sp³-hybridized carbons (Fsp3) is 0.478. The van der Waals surface area contributed by atoms with E-state index < -0.39 is 6.17 Å². The first-order chi connectivity index (χ1) is 16.5. The van der Waals surface area contributed by atoms with E-state index in [4.69, 9.17) is 4.74 Å². The highest BCUT2D eigenvalue weighted by atomic mass is 19.1. The third-order valence-electron chi connectivity index (χ3n) is 6.95. The second-order valence-electron chi connectivity index (χ2n) is 9.16. The average Bonchev–Trinajstić information content (AvgIpc) is 3.69. The van der Waals surface area contributed by atoms with Crippen molar-refractivity contribution in [2.24, 2.45) is 11.8 Å². The number of anilines is 3. The highest BCUT2D eigenvalue weighted by Gasteiger charge is 2.75. The molecule has 2 saturated carbocycles. The van der Waals surface area contributed by atoms with Crippen molar-refractivity contribution in [3.05, 3.63) is 46.5 Å². The summed E-state index contributed by atoms with van der Waals surface area (Å²) in [4.78, 5) is 30.4. The van der Waals surface area contributed by atoms with E-state index >= 15 is 0 Å². The number of pyridine rings is 1. The third-order valence-corrected chi connectivity index (χ3v) is 6.95. The van der Waals surface area contributed by atoms with Crippen LogP contribution in [-0.4, -0.2) is 57.0 Å². The molecule has 10 nitrogen and oxygen atoms in total. The molecule has 3 aromatic rings. The van der Waals surface area contributed by atoms with Crippen LogP contribution in [0.5, 0.6) is 0 Å². The van der Waals surface area contributed by atoms with Crippen LogP contribution in [0.3, 0.4) is 0 Å². The fourth-order valence-corrected chi connectivity index (χ4v) is 4.80. The summed E-state index contributed by atoms with van der Waals surface area (Å²) < 4.78 is 22.1. The summed E-state index contributed by atoms with van der Waals surface area (Å²) in [6.07, 6.45) is 5.55. The molecule has 3 N–H and O–H groups in total. The Balaban J connectivity index is 1.26. The number of amides is 1. The van der Waals surface area contributed by atoms with Crippen LogP contribution in [0.1, 0.15) is 29.6 Å². The molecule has 4 unspecified atom stereocenters. The molecule has 0 bridgehead atoms. The second-order valence-corrected chi connectivity index (χ2v) is 9.16. The molecular weight excluding hydrogens is 441 g/mol. The molecule has 5 atom stereocenters. The van der Waals surface area contributed by atoms with Gasteiger partial charge in [-0.25, -0.2) is 9.37 Å². The molecular formula is C23H26FN7O3. The van der Waals surface area contributed by atoms with Gasteiger partial charge in [-0.05, 0) is 31.4 Å². The van der Waals surface area contributed by atoms with Crippen molar-refractivity contribution >= 4 is 28.9 Å². The van der Waals surface area contributed by atoms with Crippen molar-refractivity contribution < 1.29 is 13.9 Å². The van der Waals surface area contributed by atoms with E-state index in [0.29, 0.717) is 35.1 Å². The van der Waals surface area contributed by atoms with Crippen molar-refractivity contribution in [3.8, 4) is 0 Å². The van der Waals surface area contributed by atoms with Gasteiger partial charge in [-0.1, -0.05) is 0 Å². The lowest BCUT2D eigenvalue weighted by Gasteiger charge is -2.23. The van der Waals surface area contributed by atoms with Gasteiger partial charge >= 0.3 is 0 Å². The van der Waals surface area contributed by atoms with Gasteiger partial charge in [0.15, 0.2) is 5.65 Å². The Hall–Kier alpha value is -3.47. The summed E-state index contributed by atoms with van der Waals surface area (Å²) in [5.41, 5.74) is 0.825.